The number of fused-ring (bicyclic) bond motifs is 1. The minimum atomic E-state index is -3.25. The summed E-state index contributed by atoms with van der Waals surface area (Å²) in [4.78, 5) is 25.4. The van der Waals surface area contributed by atoms with Gasteiger partial charge in [-0.25, -0.2) is 8.42 Å². The number of hydrogen-bond donors (Lipinski definition) is 0. The molecule has 0 atom stereocenters. The number of nitrogens with zero attached hydrogens (tertiary/aromatic N) is 1. The molecular formula is C15H19NO4S. The number of aryl methyl sites for hydroxylation is 2. The first kappa shape index (κ1) is 15.7. The number of ketones is 1. The molecular weight excluding hydrogens is 290 g/mol. The van der Waals surface area contributed by atoms with Crippen molar-refractivity contribution in [3.63, 3.8) is 0 Å². The first-order valence-electron chi connectivity index (χ1n) is 6.84. The molecule has 0 spiro atoms. The van der Waals surface area contributed by atoms with E-state index in [9.17, 15) is 18.0 Å². The van der Waals surface area contributed by atoms with E-state index < -0.39 is 26.8 Å². The number of carbonyl (C=O) groups is 2. The summed E-state index contributed by atoms with van der Waals surface area (Å²) in [6.45, 7) is 6.89. The molecule has 0 N–H and O–H groups in total. The SMILES string of the molecule is Cc1cc(C)c2c(c1)N(CCS(=O)(=O)C(C)C)C(=O)C2=O. The van der Waals surface area contributed by atoms with Gasteiger partial charge in [0.05, 0.1) is 22.3 Å². The van der Waals surface area contributed by atoms with E-state index in [1.807, 2.05) is 13.0 Å². The lowest BCUT2D eigenvalue weighted by Crippen LogP contribution is -2.35. The molecule has 1 aliphatic rings. The molecule has 21 heavy (non-hydrogen) atoms. The van der Waals surface area contributed by atoms with Crippen LogP contribution in [0.1, 0.15) is 35.3 Å². The highest BCUT2D eigenvalue weighted by molar-refractivity contribution is 7.92. The molecule has 114 valence electrons. The fourth-order valence-corrected chi connectivity index (χ4v) is 3.38. The Balaban J connectivity index is 2.36. The molecule has 0 fully saturated rings. The lowest BCUT2D eigenvalue weighted by molar-refractivity contribution is -0.114. The Kier molecular flexibility index (Phi) is 3.93. The average molecular weight is 309 g/mol. The van der Waals surface area contributed by atoms with Crippen molar-refractivity contribution in [2.45, 2.75) is 32.9 Å². The van der Waals surface area contributed by atoms with E-state index in [1.54, 1.807) is 26.8 Å². The smallest absolute Gasteiger partial charge is 0.299 e. The predicted octanol–water partition coefficient (Wildman–Crippen LogP) is 1.66. The summed E-state index contributed by atoms with van der Waals surface area (Å²) in [5, 5.41) is -0.496. The van der Waals surface area contributed by atoms with Gasteiger partial charge in [0.2, 0.25) is 0 Å². The Hall–Kier alpha value is -1.69. The average Bonchev–Trinajstić information content (AvgIpc) is 2.59. The molecule has 1 amide bonds. The third kappa shape index (κ3) is 2.72. The lowest BCUT2D eigenvalue weighted by atomic mass is 10.0. The lowest BCUT2D eigenvalue weighted by Gasteiger charge is -2.18. The van der Waals surface area contributed by atoms with Crippen molar-refractivity contribution >= 4 is 27.2 Å². The van der Waals surface area contributed by atoms with Crippen LogP contribution in [-0.4, -0.2) is 37.7 Å². The number of sulfone groups is 1. The molecule has 0 bridgehead atoms. The van der Waals surface area contributed by atoms with Crippen molar-refractivity contribution in [1.29, 1.82) is 0 Å². The van der Waals surface area contributed by atoms with Gasteiger partial charge in [0.15, 0.2) is 9.84 Å². The molecule has 1 heterocycles. The molecule has 0 unspecified atom stereocenters. The molecule has 1 aromatic rings. The normalized spacial score (nSPS) is 15.0. The molecule has 0 saturated carbocycles. The summed E-state index contributed by atoms with van der Waals surface area (Å²) in [6, 6.07) is 3.60. The van der Waals surface area contributed by atoms with Gasteiger partial charge in [-0.2, -0.15) is 0 Å². The fraction of sp³-hybridized carbons (Fsp3) is 0.467. The monoisotopic (exact) mass is 309 g/mol. The van der Waals surface area contributed by atoms with Crippen molar-refractivity contribution < 1.29 is 18.0 Å². The summed E-state index contributed by atoms with van der Waals surface area (Å²) >= 11 is 0. The fourth-order valence-electron chi connectivity index (χ4n) is 2.47. The number of amides is 1. The Morgan fingerprint density at radius 2 is 1.76 bits per heavy atom. The number of carbonyl (C=O) groups excluding carboxylic acids is 2. The van der Waals surface area contributed by atoms with E-state index in [0.717, 1.165) is 11.1 Å². The summed E-state index contributed by atoms with van der Waals surface area (Å²) in [5.41, 5.74) is 2.61. The van der Waals surface area contributed by atoms with E-state index >= 15 is 0 Å². The molecule has 1 aliphatic heterocycles. The van der Waals surface area contributed by atoms with Gasteiger partial charge in [-0.3, -0.25) is 9.59 Å². The minimum absolute atomic E-state index is 0.0149. The highest BCUT2D eigenvalue weighted by atomic mass is 32.2. The summed E-state index contributed by atoms with van der Waals surface area (Å²) in [6.07, 6.45) is 0. The Morgan fingerprint density at radius 1 is 1.14 bits per heavy atom. The first-order valence-corrected chi connectivity index (χ1v) is 8.55. The van der Waals surface area contributed by atoms with Crippen LogP contribution in [0.3, 0.4) is 0 Å². The van der Waals surface area contributed by atoms with Gasteiger partial charge in [0, 0.05) is 6.54 Å². The zero-order valence-electron chi connectivity index (χ0n) is 12.6. The van der Waals surface area contributed by atoms with Crippen molar-refractivity contribution in [2.24, 2.45) is 0 Å². The maximum absolute atomic E-state index is 12.1. The second-order valence-electron chi connectivity index (χ2n) is 5.68. The van der Waals surface area contributed by atoms with Gasteiger partial charge in [-0.15, -0.1) is 0 Å². The first-order chi connectivity index (χ1) is 9.65. The Bertz CT molecular complexity index is 719. The maximum Gasteiger partial charge on any atom is 0.299 e. The molecule has 1 aromatic carbocycles. The topological polar surface area (TPSA) is 71.5 Å². The molecule has 5 nitrogen and oxygen atoms in total. The number of benzene rings is 1. The standard InChI is InChI=1S/C15H19NO4S/c1-9(2)21(19,20)6-5-16-12-8-10(3)7-11(4)13(12)14(17)15(16)18/h7-9H,5-6H2,1-4H3. The second kappa shape index (κ2) is 5.26. The third-order valence-corrected chi connectivity index (χ3v) is 5.92. The van der Waals surface area contributed by atoms with Crippen LogP contribution in [0.2, 0.25) is 0 Å². The highest BCUT2D eigenvalue weighted by Gasteiger charge is 2.37. The van der Waals surface area contributed by atoms with Crippen LogP contribution >= 0.6 is 0 Å². The van der Waals surface area contributed by atoms with Crippen molar-refractivity contribution in [3.05, 3.63) is 28.8 Å². The molecule has 0 radical (unpaired) electrons. The van der Waals surface area contributed by atoms with Crippen LogP contribution < -0.4 is 4.90 Å². The Labute approximate surface area is 124 Å². The van der Waals surface area contributed by atoms with Gasteiger partial charge >= 0.3 is 0 Å². The van der Waals surface area contributed by atoms with Crippen molar-refractivity contribution in [1.82, 2.24) is 0 Å². The van der Waals surface area contributed by atoms with Gasteiger partial charge in [-0.05, 0) is 44.9 Å². The van der Waals surface area contributed by atoms with Crippen LogP contribution in [0, 0.1) is 13.8 Å². The predicted molar refractivity (Wildman–Crippen MR) is 81.5 cm³/mol. The number of hydrogen-bond acceptors (Lipinski definition) is 4. The van der Waals surface area contributed by atoms with Crippen molar-refractivity contribution in [2.75, 3.05) is 17.2 Å². The summed E-state index contributed by atoms with van der Waals surface area (Å²) < 4.78 is 23.8. The van der Waals surface area contributed by atoms with E-state index in [-0.39, 0.29) is 12.3 Å². The molecule has 0 aliphatic carbocycles. The summed E-state index contributed by atoms with van der Waals surface area (Å²) in [7, 11) is -3.25. The van der Waals surface area contributed by atoms with Crippen LogP contribution in [0.25, 0.3) is 0 Å². The zero-order chi connectivity index (χ0) is 15.9. The quantitative estimate of drug-likeness (QED) is 0.793. The summed E-state index contributed by atoms with van der Waals surface area (Å²) in [5.74, 6) is -1.34. The van der Waals surface area contributed by atoms with Gasteiger partial charge < -0.3 is 4.90 Å². The highest BCUT2D eigenvalue weighted by Crippen LogP contribution is 2.32. The van der Waals surface area contributed by atoms with Crippen molar-refractivity contribution in [3.8, 4) is 0 Å². The number of rotatable bonds is 4. The van der Waals surface area contributed by atoms with Crippen LogP contribution in [-0.2, 0) is 14.6 Å². The van der Waals surface area contributed by atoms with Gasteiger partial charge in [0.1, 0.15) is 0 Å². The third-order valence-electron chi connectivity index (χ3n) is 3.73. The minimum Gasteiger partial charge on any atom is -0.304 e. The van der Waals surface area contributed by atoms with E-state index in [4.69, 9.17) is 0 Å². The van der Waals surface area contributed by atoms with E-state index in [2.05, 4.69) is 0 Å². The zero-order valence-corrected chi connectivity index (χ0v) is 13.5. The number of Topliss-reactive ketones (excluding diaryl/α,β-unsaturated/α-hetero) is 1. The number of anilines is 1. The largest absolute Gasteiger partial charge is 0.304 e. The molecule has 6 heteroatoms. The van der Waals surface area contributed by atoms with Gasteiger partial charge in [0.25, 0.3) is 11.7 Å². The van der Waals surface area contributed by atoms with Crippen LogP contribution in [0.5, 0.6) is 0 Å². The second-order valence-corrected chi connectivity index (χ2v) is 8.35. The van der Waals surface area contributed by atoms with Crippen LogP contribution in [0.4, 0.5) is 5.69 Å². The Morgan fingerprint density at radius 3 is 2.33 bits per heavy atom. The van der Waals surface area contributed by atoms with Gasteiger partial charge in [-0.1, -0.05) is 6.07 Å². The van der Waals surface area contributed by atoms with E-state index in [0.29, 0.717) is 11.3 Å². The molecule has 0 saturated heterocycles. The van der Waals surface area contributed by atoms with E-state index in [1.165, 1.54) is 4.90 Å². The molecule has 0 aromatic heterocycles. The molecule has 2 rings (SSSR count). The maximum atomic E-state index is 12.1. The van der Waals surface area contributed by atoms with Crippen LogP contribution in [0.15, 0.2) is 12.1 Å².